The number of hydrogen-bond donors (Lipinski definition) is 1. The Morgan fingerprint density at radius 1 is 1.03 bits per heavy atom. The first-order valence-corrected chi connectivity index (χ1v) is 8.98. The number of nitrogens with zero attached hydrogens (tertiary/aromatic N) is 3. The number of hydrogen-bond acceptors (Lipinski definition) is 4. The van der Waals surface area contributed by atoms with Crippen LogP contribution in [0.25, 0.3) is 22.0 Å². The molecule has 0 unspecified atom stereocenters. The van der Waals surface area contributed by atoms with E-state index in [1.54, 1.807) is 36.7 Å². The molecule has 3 heterocycles. The number of alkyl halides is 3. The van der Waals surface area contributed by atoms with E-state index in [9.17, 15) is 18.0 Å². The van der Waals surface area contributed by atoms with Gasteiger partial charge in [0.15, 0.2) is 0 Å². The van der Waals surface area contributed by atoms with Gasteiger partial charge in [-0.1, -0.05) is 12.1 Å². The van der Waals surface area contributed by atoms with E-state index in [0.29, 0.717) is 27.8 Å². The topological polar surface area (TPSA) is 67.8 Å². The Labute approximate surface area is 169 Å². The van der Waals surface area contributed by atoms with Crippen molar-refractivity contribution in [1.29, 1.82) is 0 Å². The number of amides is 1. The first kappa shape index (κ1) is 19.5. The normalized spacial score (nSPS) is 11.5. The molecular formula is C22H15F3N4O. The lowest BCUT2D eigenvalue weighted by molar-refractivity contribution is -0.137. The molecular weight excluding hydrogens is 393 g/mol. The van der Waals surface area contributed by atoms with Gasteiger partial charge < -0.3 is 5.32 Å². The molecule has 5 nitrogen and oxygen atoms in total. The largest absolute Gasteiger partial charge is 0.416 e. The van der Waals surface area contributed by atoms with Crippen LogP contribution in [0.4, 0.5) is 19.0 Å². The summed E-state index contributed by atoms with van der Waals surface area (Å²) in [5.41, 5.74) is 1.38. The number of carbonyl (C=O) groups is 1. The molecule has 1 amide bonds. The van der Waals surface area contributed by atoms with Crippen molar-refractivity contribution in [1.82, 2.24) is 15.0 Å². The molecule has 0 radical (unpaired) electrons. The van der Waals surface area contributed by atoms with Gasteiger partial charge in [-0.2, -0.15) is 13.2 Å². The summed E-state index contributed by atoms with van der Waals surface area (Å²) in [6, 6.07) is 11.6. The molecule has 4 rings (SSSR count). The average Bonchev–Trinajstić information content (AvgIpc) is 2.72. The molecule has 0 aliphatic carbocycles. The number of carbonyl (C=O) groups excluding carboxylic acids is 1. The third-order valence-corrected chi connectivity index (χ3v) is 4.49. The lowest BCUT2D eigenvalue weighted by atomic mass is 10.0. The number of fused-ring (bicyclic) bond motifs is 1. The fourth-order valence-corrected chi connectivity index (χ4v) is 3.03. The van der Waals surface area contributed by atoms with Crippen LogP contribution < -0.4 is 5.32 Å². The molecule has 0 aliphatic heterocycles. The molecule has 0 spiro atoms. The first-order valence-electron chi connectivity index (χ1n) is 8.98. The highest BCUT2D eigenvalue weighted by molar-refractivity contribution is 6.04. The molecule has 150 valence electrons. The summed E-state index contributed by atoms with van der Waals surface area (Å²) in [6.45, 7) is 1.87. The van der Waals surface area contributed by atoms with Gasteiger partial charge in [-0.25, -0.2) is 9.97 Å². The lowest BCUT2D eigenvalue weighted by Crippen LogP contribution is -2.14. The van der Waals surface area contributed by atoms with Crippen LogP contribution in [0.15, 0.2) is 67.1 Å². The summed E-state index contributed by atoms with van der Waals surface area (Å²) in [6.07, 6.45) is 0.0986. The zero-order valence-electron chi connectivity index (χ0n) is 15.7. The standard InChI is InChI=1S/C22H15F3N4O/c1-13-7-8-27-19(9-13)29-21(30)18-6-5-15-11-26-12-17(20(15)28-18)14-3-2-4-16(10-14)22(23,24)25/h2-12H,1H3,(H,27,29,30). The molecule has 1 aromatic carbocycles. The van der Waals surface area contributed by atoms with Crippen molar-refractivity contribution in [3.8, 4) is 11.1 Å². The van der Waals surface area contributed by atoms with E-state index in [2.05, 4.69) is 20.3 Å². The second-order valence-electron chi connectivity index (χ2n) is 6.71. The summed E-state index contributed by atoms with van der Waals surface area (Å²) in [5.74, 6) is -0.0865. The van der Waals surface area contributed by atoms with Crippen LogP contribution in [0.2, 0.25) is 0 Å². The van der Waals surface area contributed by atoms with Crippen LogP contribution >= 0.6 is 0 Å². The molecule has 0 saturated carbocycles. The number of nitrogens with one attached hydrogen (secondary N) is 1. The summed E-state index contributed by atoms with van der Waals surface area (Å²) >= 11 is 0. The van der Waals surface area contributed by atoms with Crippen LogP contribution in [0.5, 0.6) is 0 Å². The van der Waals surface area contributed by atoms with Gasteiger partial charge in [0.05, 0.1) is 11.1 Å². The van der Waals surface area contributed by atoms with Crippen molar-refractivity contribution in [2.75, 3.05) is 5.32 Å². The molecule has 4 aromatic rings. The van der Waals surface area contributed by atoms with Gasteiger partial charge in [0.2, 0.25) is 0 Å². The predicted octanol–water partition coefficient (Wildman–Crippen LogP) is 5.27. The van der Waals surface area contributed by atoms with E-state index in [1.165, 1.54) is 18.3 Å². The Morgan fingerprint density at radius 3 is 2.63 bits per heavy atom. The van der Waals surface area contributed by atoms with Crippen LogP contribution in [-0.2, 0) is 6.18 Å². The van der Waals surface area contributed by atoms with Gasteiger partial charge in [0, 0.05) is 29.5 Å². The highest BCUT2D eigenvalue weighted by Crippen LogP contribution is 2.33. The molecule has 3 aromatic heterocycles. The van der Waals surface area contributed by atoms with Crippen molar-refractivity contribution in [2.24, 2.45) is 0 Å². The highest BCUT2D eigenvalue weighted by Gasteiger charge is 2.30. The maximum atomic E-state index is 13.1. The molecule has 0 saturated heterocycles. The van der Waals surface area contributed by atoms with Crippen molar-refractivity contribution >= 4 is 22.6 Å². The molecule has 0 aliphatic rings. The number of rotatable bonds is 3. The van der Waals surface area contributed by atoms with Crippen LogP contribution in [0.3, 0.4) is 0 Å². The van der Waals surface area contributed by atoms with Gasteiger partial charge >= 0.3 is 6.18 Å². The maximum absolute atomic E-state index is 13.1. The zero-order valence-corrected chi connectivity index (χ0v) is 15.7. The molecule has 0 fully saturated rings. The van der Waals surface area contributed by atoms with Gasteiger partial charge in [-0.05, 0) is 54.4 Å². The second-order valence-corrected chi connectivity index (χ2v) is 6.71. The molecule has 8 heteroatoms. The van der Waals surface area contributed by atoms with E-state index in [1.807, 2.05) is 6.92 Å². The SMILES string of the molecule is Cc1ccnc(NC(=O)c2ccc3cncc(-c4cccc(C(F)(F)F)c4)c3n2)c1. The van der Waals surface area contributed by atoms with Gasteiger partial charge in [-0.3, -0.25) is 9.78 Å². The van der Waals surface area contributed by atoms with Crippen molar-refractivity contribution in [3.05, 3.63) is 83.9 Å². The van der Waals surface area contributed by atoms with E-state index >= 15 is 0 Å². The monoisotopic (exact) mass is 408 g/mol. The molecule has 30 heavy (non-hydrogen) atoms. The van der Waals surface area contributed by atoms with Crippen molar-refractivity contribution < 1.29 is 18.0 Å². The highest BCUT2D eigenvalue weighted by atomic mass is 19.4. The Balaban J connectivity index is 1.75. The van der Waals surface area contributed by atoms with E-state index in [-0.39, 0.29) is 5.69 Å². The Kier molecular flexibility index (Phi) is 4.91. The lowest BCUT2D eigenvalue weighted by Gasteiger charge is -2.11. The van der Waals surface area contributed by atoms with Crippen LogP contribution in [0, 0.1) is 6.92 Å². The second kappa shape index (κ2) is 7.55. The third-order valence-electron chi connectivity index (χ3n) is 4.49. The van der Waals surface area contributed by atoms with Gasteiger partial charge in [0.1, 0.15) is 11.5 Å². The zero-order chi connectivity index (χ0) is 21.3. The average molecular weight is 408 g/mol. The maximum Gasteiger partial charge on any atom is 0.416 e. The Bertz CT molecular complexity index is 1250. The summed E-state index contributed by atoms with van der Waals surface area (Å²) < 4.78 is 39.3. The first-order chi connectivity index (χ1) is 14.3. The summed E-state index contributed by atoms with van der Waals surface area (Å²) in [5, 5.41) is 3.28. The number of benzene rings is 1. The minimum atomic E-state index is -4.46. The van der Waals surface area contributed by atoms with Gasteiger partial charge in [0.25, 0.3) is 5.91 Å². The van der Waals surface area contributed by atoms with E-state index in [0.717, 1.165) is 17.7 Å². The van der Waals surface area contributed by atoms with Crippen molar-refractivity contribution in [3.63, 3.8) is 0 Å². The minimum absolute atomic E-state index is 0.116. The third kappa shape index (κ3) is 3.98. The van der Waals surface area contributed by atoms with Crippen LogP contribution in [0.1, 0.15) is 21.6 Å². The van der Waals surface area contributed by atoms with E-state index in [4.69, 9.17) is 0 Å². The smallest absolute Gasteiger partial charge is 0.305 e. The summed E-state index contributed by atoms with van der Waals surface area (Å²) in [4.78, 5) is 25.2. The van der Waals surface area contributed by atoms with Crippen molar-refractivity contribution in [2.45, 2.75) is 13.1 Å². The quantitative estimate of drug-likeness (QED) is 0.501. The number of aryl methyl sites for hydroxylation is 1. The molecule has 0 bridgehead atoms. The Hall–Kier alpha value is -3.81. The molecule has 1 N–H and O–H groups in total. The predicted molar refractivity (Wildman–Crippen MR) is 107 cm³/mol. The number of aromatic nitrogens is 3. The molecule has 0 atom stereocenters. The van der Waals surface area contributed by atoms with Gasteiger partial charge in [-0.15, -0.1) is 0 Å². The number of anilines is 1. The van der Waals surface area contributed by atoms with Crippen LogP contribution in [-0.4, -0.2) is 20.9 Å². The minimum Gasteiger partial charge on any atom is -0.305 e. The van der Waals surface area contributed by atoms with E-state index < -0.39 is 17.6 Å². The summed E-state index contributed by atoms with van der Waals surface area (Å²) in [7, 11) is 0. The Morgan fingerprint density at radius 2 is 1.87 bits per heavy atom. The number of halogens is 3. The fourth-order valence-electron chi connectivity index (χ4n) is 3.03. The number of pyridine rings is 3. The fraction of sp³-hybridized carbons (Fsp3) is 0.0909.